The number of hydrogen-bond acceptors (Lipinski definition) is 6. The van der Waals surface area contributed by atoms with Crippen molar-refractivity contribution >= 4 is 11.3 Å². The first-order valence-electron chi connectivity index (χ1n) is 5.06. The third kappa shape index (κ3) is 1.66. The highest BCUT2D eigenvalue weighted by Gasteiger charge is 2.18. The van der Waals surface area contributed by atoms with Crippen LogP contribution in [0.3, 0.4) is 0 Å². The molecule has 3 aromatic heterocycles. The van der Waals surface area contributed by atoms with E-state index < -0.39 is 0 Å². The minimum atomic E-state index is 0.449. The molecule has 0 fully saturated rings. The molecule has 0 unspecified atom stereocenters. The van der Waals surface area contributed by atoms with Gasteiger partial charge in [0.1, 0.15) is 11.3 Å². The number of nitrogens with zero attached hydrogens (tertiary/aromatic N) is 3. The lowest BCUT2D eigenvalue weighted by molar-refractivity contribution is 0.392. The summed E-state index contributed by atoms with van der Waals surface area (Å²) in [6.07, 6.45) is 0. The van der Waals surface area contributed by atoms with Crippen LogP contribution in [0.2, 0.25) is 0 Å². The molecule has 3 heterocycles. The number of aromatic nitrogens is 3. The van der Waals surface area contributed by atoms with Gasteiger partial charge in [-0.3, -0.25) is 0 Å². The fraction of sp³-hybridized carbons (Fsp3) is 0.182. The van der Waals surface area contributed by atoms with Crippen molar-refractivity contribution in [1.82, 2.24) is 15.3 Å². The molecule has 0 saturated carbocycles. The summed E-state index contributed by atoms with van der Waals surface area (Å²) in [6, 6.07) is 3.90. The molecule has 0 N–H and O–H groups in total. The Labute approximate surface area is 101 Å². The summed E-state index contributed by atoms with van der Waals surface area (Å²) in [7, 11) is 0. The SMILES string of the molecule is Cc1noc(C)c1-c1nc(-c2cccs2)no1. The number of thiophene rings is 1. The lowest BCUT2D eigenvalue weighted by atomic mass is 10.2. The van der Waals surface area contributed by atoms with Gasteiger partial charge in [-0.1, -0.05) is 16.4 Å². The third-order valence-corrected chi connectivity index (χ3v) is 3.28. The predicted octanol–water partition coefficient (Wildman–Crippen LogP) is 3.07. The van der Waals surface area contributed by atoms with E-state index in [0.717, 1.165) is 16.1 Å². The molecular formula is C11H9N3O2S. The van der Waals surface area contributed by atoms with Crippen molar-refractivity contribution in [2.75, 3.05) is 0 Å². The topological polar surface area (TPSA) is 65.0 Å². The second-order valence-electron chi connectivity index (χ2n) is 3.60. The molecule has 0 aromatic carbocycles. The van der Waals surface area contributed by atoms with Crippen molar-refractivity contribution in [2.24, 2.45) is 0 Å². The van der Waals surface area contributed by atoms with Gasteiger partial charge < -0.3 is 9.05 Å². The van der Waals surface area contributed by atoms with E-state index in [2.05, 4.69) is 15.3 Å². The van der Waals surface area contributed by atoms with Gasteiger partial charge >= 0.3 is 0 Å². The van der Waals surface area contributed by atoms with Crippen molar-refractivity contribution in [3.63, 3.8) is 0 Å². The molecule has 0 aliphatic rings. The molecule has 6 heteroatoms. The number of rotatable bonds is 2. The molecule has 3 aromatic rings. The molecule has 17 heavy (non-hydrogen) atoms. The Balaban J connectivity index is 2.07. The summed E-state index contributed by atoms with van der Waals surface area (Å²) in [5.74, 6) is 1.73. The van der Waals surface area contributed by atoms with Crippen LogP contribution in [-0.2, 0) is 0 Å². The van der Waals surface area contributed by atoms with Gasteiger partial charge in [0.15, 0.2) is 0 Å². The molecule has 0 radical (unpaired) electrons. The van der Waals surface area contributed by atoms with Gasteiger partial charge in [0.2, 0.25) is 5.82 Å². The third-order valence-electron chi connectivity index (χ3n) is 2.41. The average Bonchev–Trinajstić information content (AvgIpc) is 2.98. The Kier molecular flexibility index (Phi) is 2.29. The van der Waals surface area contributed by atoms with E-state index >= 15 is 0 Å². The first-order valence-corrected chi connectivity index (χ1v) is 5.94. The zero-order valence-corrected chi connectivity index (χ0v) is 10.1. The lowest BCUT2D eigenvalue weighted by Gasteiger charge is -1.88. The van der Waals surface area contributed by atoms with Crippen LogP contribution in [0.4, 0.5) is 0 Å². The molecule has 0 aliphatic heterocycles. The molecule has 0 atom stereocenters. The second kappa shape index (κ2) is 3.81. The molecule has 3 rings (SSSR count). The van der Waals surface area contributed by atoms with Crippen molar-refractivity contribution in [3.8, 4) is 22.2 Å². The Bertz CT molecular complexity index is 620. The summed E-state index contributed by atoms with van der Waals surface area (Å²) in [6.45, 7) is 3.67. The molecule has 0 spiro atoms. The van der Waals surface area contributed by atoms with Crippen molar-refractivity contribution in [2.45, 2.75) is 13.8 Å². The highest BCUT2D eigenvalue weighted by atomic mass is 32.1. The first kappa shape index (κ1) is 10.2. The van der Waals surface area contributed by atoms with Gasteiger partial charge in [0.25, 0.3) is 5.89 Å². The maximum absolute atomic E-state index is 5.24. The Morgan fingerprint density at radius 3 is 2.71 bits per heavy atom. The smallest absolute Gasteiger partial charge is 0.263 e. The summed E-state index contributed by atoms with van der Waals surface area (Å²) >= 11 is 1.57. The van der Waals surface area contributed by atoms with Crippen LogP contribution in [0, 0.1) is 13.8 Å². The predicted molar refractivity (Wildman–Crippen MR) is 62.6 cm³/mol. The molecule has 86 valence electrons. The van der Waals surface area contributed by atoms with Gasteiger partial charge in [-0.2, -0.15) is 4.98 Å². The van der Waals surface area contributed by atoms with Gasteiger partial charge in [0.05, 0.1) is 10.6 Å². The molecule has 5 nitrogen and oxygen atoms in total. The Morgan fingerprint density at radius 2 is 2.06 bits per heavy atom. The van der Waals surface area contributed by atoms with Crippen LogP contribution in [0.15, 0.2) is 26.6 Å². The Hall–Kier alpha value is -1.95. The molecular weight excluding hydrogens is 238 g/mol. The zero-order valence-electron chi connectivity index (χ0n) is 9.30. The fourth-order valence-electron chi connectivity index (χ4n) is 1.62. The molecule has 0 saturated heterocycles. The largest absolute Gasteiger partial charge is 0.361 e. The highest BCUT2D eigenvalue weighted by Crippen LogP contribution is 2.28. The van der Waals surface area contributed by atoms with Crippen LogP contribution in [-0.4, -0.2) is 15.3 Å². The maximum atomic E-state index is 5.24. The summed E-state index contributed by atoms with van der Waals surface area (Å²) in [4.78, 5) is 5.33. The van der Waals surface area contributed by atoms with Gasteiger partial charge in [-0.15, -0.1) is 11.3 Å². The van der Waals surface area contributed by atoms with E-state index in [0.29, 0.717) is 17.5 Å². The standard InChI is InChI=1S/C11H9N3O2S/c1-6-9(7(2)15-13-6)11-12-10(14-16-11)8-4-3-5-17-8/h3-5H,1-2H3. The van der Waals surface area contributed by atoms with Crippen LogP contribution in [0.5, 0.6) is 0 Å². The highest BCUT2D eigenvalue weighted by molar-refractivity contribution is 7.13. The number of hydrogen-bond donors (Lipinski definition) is 0. The van der Waals surface area contributed by atoms with Crippen molar-refractivity contribution in [3.05, 3.63) is 29.0 Å². The summed E-state index contributed by atoms with van der Waals surface area (Å²) in [5.41, 5.74) is 1.53. The minimum Gasteiger partial charge on any atom is -0.361 e. The lowest BCUT2D eigenvalue weighted by Crippen LogP contribution is -1.81. The van der Waals surface area contributed by atoms with Crippen LogP contribution in [0.1, 0.15) is 11.5 Å². The van der Waals surface area contributed by atoms with Crippen LogP contribution >= 0.6 is 11.3 Å². The van der Waals surface area contributed by atoms with E-state index in [1.165, 1.54) is 0 Å². The van der Waals surface area contributed by atoms with Gasteiger partial charge in [0, 0.05) is 0 Å². The van der Waals surface area contributed by atoms with Crippen LogP contribution < -0.4 is 0 Å². The Morgan fingerprint density at radius 1 is 1.18 bits per heavy atom. The molecule has 0 bridgehead atoms. The van der Waals surface area contributed by atoms with E-state index in [1.54, 1.807) is 11.3 Å². The minimum absolute atomic E-state index is 0.449. The van der Waals surface area contributed by atoms with Crippen molar-refractivity contribution in [1.29, 1.82) is 0 Å². The normalized spacial score (nSPS) is 10.9. The van der Waals surface area contributed by atoms with Crippen LogP contribution in [0.25, 0.3) is 22.2 Å². The number of aryl methyl sites for hydroxylation is 2. The maximum Gasteiger partial charge on any atom is 0.263 e. The monoisotopic (exact) mass is 247 g/mol. The van der Waals surface area contributed by atoms with E-state index in [1.807, 2.05) is 31.4 Å². The first-order chi connectivity index (χ1) is 8.25. The van der Waals surface area contributed by atoms with E-state index in [-0.39, 0.29) is 0 Å². The van der Waals surface area contributed by atoms with E-state index in [4.69, 9.17) is 9.05 Å². The second-order valence-corrected chi connectivity index (χ2v) is 4.55. The van der Waals surface area contributed by atoms with Crippen molar-refractivity contribution < 1.29 is 9.05 Å². The molecule has 0 amide bonds. The zero-order chi connectivity index (χ0) is 11.8. The summed E-state index contributed by atoms with van der Waals surface area (Å²) < 4.78 is 10.3. The van der Waals surface area contributed by atoms with Gasteiger partial charge in [-0.05, 0) is 25.3 Å². The van der Waals surface area contributed by atoms with Gasteiger partial charge in [-0.25, -0.2) is 0 Å². The van der Waals surface area contributed by atoms with E-state index in [9.17, 15) is 0 Å². The molecule has 0 aliphatic carbocycles. The average molecular weight is 247 g/mol. The summed E-state index contributed by atoms with van der Waals surface area (Å²) in [5, 5.41) is 9.79. The fourth-order valence-corrected chi connectivity index (χ4v) is 2.27. The quantitative estimate of drug-likeness (QED) is 0.696.